The van der Waals surface area contributed by atoms with Crippen LogP contribution >= 0.6 is 35.3 Å². The Morgan fingerprint density at radius 1 is 1.32 bits per heavy atom. The maximum absolute atomic E-state index is 11.9. The second-order valence-corrected chi connectivity index (χ2v) is 7.43. The summed E-state index contributed by atoms with van der Waals surface area (Å²) in [6.45, 7) is 5.44. The van der Waals surface area contributed by atoms with E-state index < -0.39 is 0 Å². The van der Waals surface area contributed by atoms with Crippen molar-refractivity contribution in [2.45, 2.75) is 19.8 Å². The van der Waals surface area contributed by atoms with Crippen molar-refractivity contribution in [3.05, 3.63) is 24.3 Å². The molecule has 2 N–H and O–H groups in total. The maximum Gasteiger partial charge on any atom is 0.309 e. The van der Waals surface area contributed by atoms with Crippen molar-refractivity contribution in [1.82, 2.24) is 15.2 Å². The number of fused-ring (bicyclic) bond motifs is 1. The Bertz CT molecular complexity index is 756. The van der Waals surface area contributed by atoms with Gasteiger partial charge in [0.1, 0.15) is 0 Å². The third-order valence-electron chi connectivity index (χ3n) is 4.60. The second-order valence-electron chi connectivity index (χ2n) is 6.40. The van der Waals surface area contributed by atoms with Crippen LogP contribution in [0.15, 0.2) is 29.3 Å². The molecule has 1 aliphatic heterocycles. The average molecular weight is 517 g/mol. The first kappa shape index (κ1) is 22.7. The van der Waals surface area contributed by atoms with Gasteiger partial charge >= 0.3 is 5.97 Å². The summed E-state index contributed by atoms with van der Waals surface area (Å²) >= 11 is 1.66. The van der Waals surface area contributed by atoms with Crippen LogP contribution in [-0.4, -0.2) is 61.6 Å². The molecule has 0 unspecified atom stereocenters. The fourth-order valence-corrected chi connectivity index (χ4v) is 4.10. The number of para-hydroxylation sites is 1. The lowest BCUT2D eigenvalue weighted by Crippen LogP contribution is -2.47. The molecule has 0 atom stereocenters. The molecule has 0 aliphatic carbocycles. The largest absolute Gasteiger partial charge is 0.466 e. The van der Waals surface area contributed by atoms with Gasteiger partial charge < -0.3 is 20.3 Å². The van der Waals surface area contributed by atoms with Crippen molar-refractivity contribution in [3.8, 4) is 0 Å². The smallest absolute Gasteiger partial charge is 0.309 e. The zero-order valence-electron chi connectivity index (χ0n) is 16.3. The van der Waals surface area contributed by atoms with Crippen LogP contribution in [0.25, 0.3) is 10.2 Å². The number of thiazole rings is 1. The molecule has 1 aromatic carbocycles. The van der Waals surface area contributed by atoms with Gasteiger partial charge in [-0.2, -0.15) is 0 Å². The number of aliphatic imine (C=N–C) groups is 1. The number of guanidine groups is 1. The summed E-state index contributed by atoms with van der Waals surface area (Å²) in [4.78, 5) is 23.0. The number of anilines is 1. The zero-order valence-corrected chi connectivity index (χ0v) is 19.5. The van der Waals surface area contributed by atoms with E-state index in [0.29, 0.717) is 6.61 Å². The third kappa shape index (κ3) is 5.94. The summed E-state index contributed by atoms with van der Waals surface area (Å²) in [6, 6.07) is 8.14. The van der Waals surface area contributed by atoms with Crippen LogP contribution in [0.4, 0.5) is 5.13 Å². The zero-order chi connectivity index (χ0) is 19.1. The molecule has 1 fully saturated rings. The highest BCUT2D eigenvalue weighted by Crippen LogP contribution is 2.25. The topological polar surface area (TPSA) is 78.8 Å². The number of nitrogens with one attached hydrogen (secondary N) is 2. The van der Waals surface area contributed by atoms with Crippen LogP contribution in [-0.2, 0) is 9.53 Å². The molecule has 1 aliphatic rings. The maximum atomic E-state index is 11.9. The van der Waals surface area contributed by atoms with Gasteiger partial charge in [0.25, 0.3) is 0 Å². The van der Waals surface area contributed by atoms with Crippen LogP contribution in [0.5, 0.6) is 0 Å². The van der Waals surface area contributed by atoms with Crippen LogP contribution in [0.1, 0.15) is 19.8 Å². The van der Waals surface area contributed by atoms with E-state index >= 15 is 0 Å². The minimum atomic E-state index is -0.0693. The first-order chi connectivity index (χ1) is 13.2. The first-order valence-corrected chi connectivity index (χ1v) is 10.2. The van der Waals surface area contributed by atoms with Crippen molar-refractivity contribution in [3.63, 3.8) is 0 Å². The Hall–Kier alpha value is -1.62. The van der Waals surface area contributed by atoms with Gasteiger partial charge in [0.15, 0.2) is 11.1 Å². The Balaban J connectivity index is 0.00000280. The van der Waals surface area contributed by atoms with E-state index in [1.807, 2.05) is 25.1 Å². The Morgan fingerprint density at radius 3 is 2.75 bits per heavy atom. The van der Waals surface area contributed by atoms with E-state index in [0.717, 1.165) is 55.6 Å². The number of ether oxygens (including phenoxy) is 1. The Morgan fingerprint density at radius 2 is 2.07 bits per heavy atom. The van der Waals surface area contributed by atoms with E-state index in [1.54, 1.807) is 18.4 Å². The number of hydrogen-bond donors (Lipinski definition) is 2. The number of aromatic nitrogens is 1. The number of rotatable bonds is 6. The highest BCUT2D eigenvalue weighted by Gasteiger charge is 2.27. The van der Waals surface area contributed by atoms with Gasteiger partial charge in [-0.15, -0.1) is 24.0 Å². The molecular weight excluding hydrogens is 489 g/mol. The predicted molar refractivity (Wildman–Crippen MR) is 126 cm³/mol. The molecule has 0 spiro atoms. The van der Waals surface area contributed by atoms with Gasteiger partial charge in [-0.25, -0.2) is 4.98 Å². The van der Waals surface area contributed by atoms with Crippen molar-refractivity contribution in [2.24, 2.45) is 10.9 Å². The fourth-order valence-electron chi connectivity index (χ4n) is 3.21. The number of halogens is 1. The minimum Gasteiger partial charge on any atom is -0.466 e. The summed E-state index contributed by atoms with van der Waals surface area (Å²) in [6.07, 6.45) is 1.62. The first-order valence-electron chi connectivity index (χ1n) is 9.43. The summed E-state index contributed by atoms with van der Waals surface area (Å²) in [5.74, 6) is 0.823. The van der Waals surface area contributed by atoms with E-state index in [9.17, 15) is 4.79 Å². The van der Waals surface area contributed by atoms with Crippen molar-refractivity contribution in [1.29, 1.82) is 0 Å². The molecular formula is C19H28IN5O2S. The lowest BCUT2D eigenvalue weighted by molar-refractivity contribution is -0.149. The molecule has 1 aromatic heterocycles. The van der Waals surface area contributed by atoms with Gasteiger partial charge in [0.05, 0.1) is 22.7 Å². The molecule has 9 heteroatoms. The summed E-state index contributed by atoms with van der Waals surface area (Å²) in [5, 5.41) is 7.68. The quantitative estimate of drug-likeness (QED) is 0.202. The lowest BCUT2D eigenvalue weighted by Gasteiger charge is -2.33. The molecule has 7 nitrogen and oxygen atoms in total. The van der Waals surface area contributed by atoms with Gasteiger partial charge in [-0.05, 0) is 31.9 Å². The highest BCUT2D eigenvalue weighted by molar-refractivity contribution is 14.0. The van der Waals surface area contributed by atoms with E-state index in [1.165, 1.54) is 4.70 Å². The molecule has 2 heterocycles. The number of nitrogens with zero attached hydrogens (tertiary/aromatic N) is 3. The number of piperidine rings is 1. The molecule has 3 rings (SSSR count). The number of benzene rings is 1. The van der Waals surface area contributed by atoms with Crippen molar-refractivity contribution in [2.75, 3.05) is 45.2 Å². The summed E-state index contributed by atoms with van der Waals surface area (Å²) < 4.78 is 6.32. The molecule has 2 aromatic rings. The third-order valence-corrected chi connectivity index (χ3v) is 5.60. The number of carbonyl (C=O) groups excluding carboxylic acids is 1. The Labute approximate surface area is 187 Å². The lowest BCUT2D eigenvalue weighted by atomic mass is 9.97. The number of esters is 1. The van der Waals surface area contributed by atoms with Crippen LogP contribution in [0, 0.1) is 5.92 Å². The molecule has 154 valence electrons. The van der Waals surface area contributed by atoms with Gasteiger partial charge in [0.2, 0.25) is 0 Å². The number of likely N-dealkylation sites (tertiary alicyclic amines) is 1. The second kappa shape index (κ2) is 11.4. The predicted octanol–water partition coefficient (Wildman–Crippen LogP) is 3.18. The molecule has 0 amide bonds. The van der Waals surface area contributed by atoms with Crippen LogP contribution < -0.4 is 10.6 Å². The Kier molecular flexibility index (Phi) is 9.23. The van der Waals surface area contributed by atoms with E-state index in [4.69, 9.17) is 4.74 Å². The molecule has 0 saturated carbocycles. The average Bonchev–Trinajstić information content (AvgIpc) is 3.11. The normalized spacial score (nSPS) is 15.2. The van der Waals surface area contributed by atoms with Crippen molar-refractivity contribution < 1.29 is 9.53 Å². The molecule has 0 radical (unpaired) electrons. The van der Waals surface area contributed by atoms with Gasteiger partial charge in [-0.1, -0.05) is 23.5 Å². The highest BCUT2D eigenvalue weighted by atomic mass is 127. The molecule has 0 bridgehead atoms. The van der Waals surface area contributed by atoms with Crippen molar-refractivity contribution >= 4 is 62.6 Å². The van der Waals surface area contributed by atoms with Gasteiger partial charge in [-0.3, -0.25) is 9.79 Å². The standard InChI is InChI=1S/C19H27N5O2S.HI/c1-3-26-17(25)14-8-12-24(13-9-14)18(20-2)21-10-11-22-19-23-15-6-4-5-7-16(15)27-19;/h4-7,14H,3,8-13H2,1-2H3,(H,20,21)(H,22,23);1H. The number of carbonyl (C=O) groups is 1. The molecule has 28 heavy (non-hydrogen) atoms. The SMILES string of the molecule is CCOC(=O)C1CCN(C(=NC)NCCNc2nc3ccccc3s2)CC1.I. The van der Waals surface area contributed by atoms with E-state index in [2.05, 4.69) is 31.6 Å². The monoisotopic (exact) mass is 517 g/mol. The van der Waals surface area contributed by atoms with Gasteiger partial charge in [0, 0.05) is 33.2 Å². The summed E-state index contributed by atoms with van der Waals surface area (Å²) in [7, 11) is 1.79. The fraction of sp³-hybridized carbons (Fsp3) is 0.526. The van der Waals surface area contributed by atoms with Crippen LogP contribution in [0.3, 0.4) is 0 Å². The van der Waals surface area contributed by atoms with Crippen LogP contribution in [0.2, 0.25) is 0 Å². The minimum absolute atomic E-state index is 0. The summed E-state index contributed by atoms with van der Waals surface area (Å²) in [5.41, 5.74) is 1.03. The number of hydrogen-bond acceptors (Lipinski definition) is 6. The molecule has 1 saturated heterocycles. The van der Waals surface area contributed by atoms with E-state index in [-0.39, 0.29) is 35.9 Å².